The fourth-order valence-corrected chi connectivity index (χ4v) is 5.53. The van der Waals surface area contributed by atoms with Gasteiger partial charge in [-0.15, -0.1) is 0 Å². The van der Waals surface area contributed by atoms with Gasteiger partial charge in [0.25, 0.3) is 0 Å². The van der Waals surface area contributed by atoms with Gasteiger partial charge >= 0.3 is 0 Å². The van der Waals surface area contributed by atoms with Gasteiger partial charge in [0, 0.05) is 48.3 Å². The van der Waals surface area contributed by atoms with Crippen molar-refractivity contribution >= 4 is 23.2 Å². The number of hydrogen-bond donors (Lipinski definition) is 0. The van der Waals surface area contributed by atoms with E-state index in [1.54, 1.807) is 13.4 Å². The summed E-state index contributed by atoms with van der Waals surface area (Å²) in [5.41, 5.74) is 9.08. The van der Waals surface area contributed by atoms with Gasteiger partial charge < -0.3 is 9.64 Å². The first-order valence-electron chi connectivity index (χ1n) is 11.7. The van der Waals surface area contributed by atoms with Crippen molar-refractivity contribution in [3.8, 4) is 5.75 Å². The van der Waals surface area contributed by atoms with E-state index in [0.29, 0.717) is 0 Å². The summed E-state index contributed by atoms with van der Waals surface area (Å²) >= 11 is 0. The molecule has 0 atom stereocenters. The van der Waals surface area contributed by atoms with Crippen molar-refractivity contribution in [1.82, 2.24) is 9.97 Å². The van der Waals surface area contributed by atoms with Gasteiger partial charge in [-0.3, -0.25) is 4.99 Å². The zero-order chi connectivity index (χ0) is 22.3. The maximum Gasteiger partial charge on any atom is 0.139 e. The Morgan fingerprint density at radius 1 is 1.03 bits per heavy atom. The lowest BCUT2D eigenvalue weighted by Gasteiger charge is -2.42. The Labute approximate surface area is 191 Å². The second kappa shape index (κ2) is 8.19. The number of rotatable bonds is 5. The van der Waals surface area contributed by atoms with Crippen LogP contribution in [0.2, 0.25) is 0 Å². The standard InChI is InChI=1S/C27H32N4O/c1-5-27(25-16-22(19(3)30-25)20-6-8-21(32-4)9-7-20)10-12-31(13-11-27)26-23-14-18(2)15-24(23)28-17-29-26/h6-9,14,17H,5,10-13,15-16H2,1-4H3. The maximum absolute atomic E-state index is 5.33. The molecule has 2 aromatic rings. The molecule has 3 aliphatic rings. The fraction of sp³-hybridized carbons (Fsp3) is 0.444. The van der Waals surface area contributed by atoms with Crippen LogP contribution in [0.15, 0.2) is 46.9 Å². The summed E-state index contributed by atoms with van der Waals surface area (Å²) in [6.45, 7) is 8.69. The van der Waals surface area contributed by atoms with Crippen molar-refractivity contribution in [1.29, 1.82) is 0 Å². The molecule has 1 saturated heterocycles. The predicted octanol–water partition coefficient (Wildman–Crippen LogP) is 5.72. The highest BCUT2D eigenvalue weighted by molar-refractivity contribution is 6.03. The van der Waals surface area contributed by atoms with Gasteiger partial charge in [0.05, 0.1) is 12.8 Å². The minimum Gasteiger partial charge on any atom is -0.497 e. The highest BCUT2D eigenvalue weighted by atomic mass is 16.5. The molecule has 166 valence electrons. The van der Waals surface area contributed by atoms with E-state index < -0.39 is 0 Å². The quantitative estimate of drug-likeness (QED) is 0.611. The van der Waals surface area contributed by atoms with Crippen LogP contribution in [0.3, 0.4) is 0 Å². The van der Waals surface area contributed by atoms with Crippen LogP contribution >= 0.6 is 0 Å². The van der Waals surface area contributed by atoms with E-state index in [-0.39, 0.29) is 5.41 Å². The van der Waals surface area contributed by atoms with E-state index in [4.69, 9.17) is 9.73 Å². The summed E-state index contributed by atoms with van der Waals surface area (Å²) in [5.74, 6) is 2.00. The molecule has 3 heterocycles. The number of piperidine rings is 1. The van der Waals surface area contributed by atoms with Crippen LogP contribution in [0.1, 0.15) is 63.3 Å². The molecule has 32 heavy (non-hydrogen) atoms. The van der Waals surface area contributed by atoms with Gasteiger partial charge in [0.2, 0.25) is 0 Å². The number of fused-ring (bicyclic) bond motifs is 1. The second-order valence-electron chi connectivity index (χ2n) is 9.37. The minimum absolute atomic E-state index is 0.175. The summed E-state index contributed by atoms with van der Waals surface area (Å²) in [6.07, 6.45) is 9.27. The molecule has 0 radical (unpaired) electrons. The van der Waals surface area contributed by atoms with E-state index in [1.165, 1.54) is 33.7 Å². The van der Waals surface area contributed by atoms with Crippen molar-refractivity contribution in [2.24, 2.45) is 10.4 Å². The van der Waals surface area contributed by atoms with E-state index in [1.807, 2.05) is 12.1 Å². The van der Waals surface area contributed by atoms with Crippen LogP contribution < -0.4 is 9.64 Å². The van der Waals surface area contributed by atoms with Gasteiger partial charge in [0.1, 0.15) is 17.9 Å². The molecule has 0 bridgehead atoms. The Morgan fingerprint density at radius 3 is 2.47 bits per heavy atom. The lowest BCUT2D eigenvalue weighted by Crippen LogP contribution is -2.44. The lowest BCUT2D eigenvalue weighted by atomic mass is 9.71. The number of aromatic nitrogens is 2. The van der Waals surface area contributed by atoms with Crippen LogP contribution in [0.4, 0.5) is 5.82 Å². The highest BCUT2D eigenvalue weighted by Gasteiger charge is 2.40. The Balaban J connectivity index is 1.32. The fourth-order valence-electron chi connectivity index (χ4n) is 5.53. The third-order valence-corrected chi connectivity index (χ3v) is 7.61. The van der Waals surface area contributed by atoms with Crippen LogP contribution in [0.25, 0.3) is 11.6 Å². The zero-order valence-electron chi connectivity index (χ0n) is 19.6. The number of nitrogens with zero attached hydrogens (tertiary/aromatic N) is 4. The normalized spacial score (nSPS) is 19.7. The summed E-state index contributed by atoms with van der Waals surface area (Å²) in [4.78, 5) is 16.8. The van der Waals surface area contributed by atoms with Crippen LogP contribution in [0.5, 0.6) is 5.75 Å². The second-order valence-corrected chi connectivity index (χ2v) is 9.37. The summed E-state index contributed by atoms with van der Waals surface area (Å²) in [7, 11) is 1.71. The Morgan fingerprint density at radius 2 is 1.78 bits per heavy atom. The largest absolute Gasteiger partial charge is 0.497 e. The summed E-state index contributed by atoms with van der Waals surface area (Å²) < 4.78 is 5.33. The molecule has 0 amide bonds. The van der Waals surface area contributed by atoms with Gasteiger partial charge in [0.15, 0.2) is 0 Å². The topological polar surface area (TPSA) is 50.6 Å². The molecule has 5 nitrogen and oxygen atoms in total. The molecule has 5 heteroatoms. The monoisotopic (exact) mass is 428 g/mol. The van der Waals surface area contributed by atoms with E-state index >= 15 is 0 Å². The van der Waals surface area contributed by atoms with Gasteiger partial charge in [-0.05, 0) is 56.4 Å². The van der Waals surface area contributed by atoms with Crippen molar-refractivity contribution in [2.75, 3.05) is 25.1 Å². The molecule has 0 saturated carbocycles. The average molecular weight is 429 g/mol. The number of hydrogen-bond acceptors (Lipinski definition) is 5. The van der Waals surface area contributed by atoms with Gasteiger partial charge in [-0.2, -0.15) is 0 Å². The van der Waals surface area contributed by atoms with Gasteiger partial charge in [-0.25, -0.2) is 9.97 Å². The third kappa shape index (κ3) is 3.54. The van der Waals surface area contributed by atoms with Gasteiger partial charge in [-0.1, -0.05) is 30.7 Å². The molecule has 1 aromatic carbocycles. The SMILES string of the molecule is CCC1(C2=NC(C)=C(c3ccc(OC)cc3)C2)CCN(c2ncnc3c2C=C(C)C3)CC1. The molecular formula is C27H32N4O. The number of ether oxygens (including phenoxy) is 1. The van der Waals surface area contributed by atoms with Crippen molar-refractivity contribution in [2.45, 2.75) is 52.9 Å². The third-order valence-electron chi connectivity index (χ3n) is 7.61. The van der Waals surface area contributed by atoms with Crippen LogP contribution in [-0.2, 0) is 6.42 Å². The number of allylic oxidation sites excluding steroid dienone is 3. The van der Waals surface area contributed by atoms with E-state index in [2.05, 4.69) is 53.8 Å². The first-order chi connectivity index (χ1) is 15.5. The molecular weight excluding hydrogens is 396 g/mol. The number of anilines is 1. The Kier molecular flexibility index (Phi) is 5.36. The van der Waals surface area contributed by atoms with Crippen LogP contribution in [0, 0.1) is 5.41 Å². The molecule has 0 N–H and O–H groups in total. The number of benzene rings is 1. The minimum atomic E-state index is 0.175. The average Bonchev–Trinajstić information content (AvgIpc) is 3.41. The summed E-state index contributed by atoms with van der Waals surface area (Å²) in [5, 5.41) is 0. The smallest absolute Gasteiger partial charge is 0.139 e. The predicted molar refractivity (Wildman–Crippen MR) is 131 cm³/mol. The van der Waals surface area contributed by atoms with Crippen LogP contribution in [-0.4, -0.2) is 35.9 Å². The van der Waals surface area contributed by atoms with E-state index in [9.17, 15) is 0 Å². The molecule has 0 spiro atoms. The molecule has 1 aromatic heterocycles. The van der Waals surface area contributed by atoms with Crippen molar-refractivity contribution in [3.05, 3.63) is 58.7 Å². The molecule has 2 aliphatic heterocycles. The molecule has 1 fully saturated rings. The number of aliphatic imine (C=N–C) groups is 1. The van der Waals surface area contributed by atoms with Crippen molar-refractivity contribution in [3.63, 3.8) is 0 Å². The maximum atomic E-state index is 5.33. The summed E-state index contributed by atoms with van der Waals surface area (Å²) in [6, 6.07) is 8.39. The number of methoxy groups -OCH3 is 1. The molecule has 5 rings (SSSR count). The molecule has 0 unspecified atom stereocenters. The highest BCUT2D eigenvalue weighted by Crippen LogP contribution is 2.44. The van der Waals surface area contributed by atoms with E-state index in [0.717, 1.165) is 62.5 Å². The lowest BCUT2D eigenvalue weighted by molar-refractivity contribution is 0.308. The van der Waals surface area contributed by atoms with Crippen molar-refractivity contribution < 1.29 is 4.74 Å². The zero-order valence-corrected chi connectivity index (χ0v) is 19.6. The first-order valence-corrected chi connectivity index (χ1v) is 11.7. The first kappa shape index (κ1) is 20.9. The molecule has 1 aliphatic carbocycles. The Bertz CT molecular complexity index is 1120. The Hall–Kier alpha value is -2.95.